The first-order valence-corrected chi connectivity index (χ1v) is 10.0. The Morgan fingerprint density at radius 1 is 0.800 bits per heavy atom. The Morgan fingerprint density at radius 2 is 1.40 bits per heavy atom. The average Bonchev–Trinajstić information content (AvgIpc) is 3.64. The van der Waals surface area contributed by atoms with Gasteiger partial charge in [-0.3, -0.25) is 9.59 Å². The molecule has 5 heteroatoms. The largest absolute Gasteiger partial charge is 0.326 e. The molecule has 0 aromatic heterocycles. The van der Waals surface area contributed by atoms with E-state index in [-0.39, 0.29) is 17.7 Å². The molecule has 5 nitrogen and oxygen atoms in total. The topological polar surface area (TPSA) is 70.6 Å². The minimum atomic E-state index is -0.262. The maximum Gasteiger partial charge on any atom is 0.271 e. The van der Waals surface area contributed by atoms with Crippen LogP contribution in [0.25, 0.3) is 11.1 Å². The number of nitrogens with one attached hydrogen (secondary N) is 2. The van der Waals surface area contributed by atoms with Crippen molar-refractivity contribution in [2.75, 3.05) is 5.32 Å². The van der Waals surface area contributed by atoms with Gasteiger partial charge in [-0.15, -0.1) is 0 Å². The number of hydrogen-bond donors (Lipinski definition) is 2. The molecule has 30 heavy (non-hydrogen) atoms. The fourth-order valence-electron chi connectivity index (χ4n) is 3.09. The Balaban J connectivity index is 1.36. The Morgan fingerprint density at radius 3 is 2.03 bits per heavy atom. The molecule has 1 aliphatic rings. The molecule has 4 rings (SSSR count). The SMILES string of the molecule is C/C(=N/NC(=O)c1ccc(-c2ccccc2)cc1)c1ccc(NC(=O)C2CC2)cc1. The minimum Gasteiger partial charge on any atom is -0.326 e. The van der Waals surface area contributed by atoms with Gasteiger partial charge in [0.05, 0.1) is 5.71 Å². The van der Waals surface area contributed by atoms with Gasteiger partial charge in [0.15, 0.2) is 0 Å². The molecule has 0 saturated heterocycles. The highest BCUT2D eigenvalue weighted by Gasteiger charge is 2.29. The maximum absolute atomic E-state index is 12.4. The normalized spacial score (nSPS) is 13.6. The van der Waals surface area contributed by atoms with E-state index in [1.54, 1.807) is 12.1 Å². The number of carbonyl (C=O) groups excluding carboxylic acids is 2. The van der Waals surface area contributed by atoms with Crippen LogP contribution in [0.4, 0.5) is 5.69 Å². The number of anilines is 1. The lowest BCUT2D eigenvalue weighted by molar-refractivity contribution is -0.117. The molecule has 0 radical (unpaired) electrons. The third-order valence-electron chi connectivity index (χ3n) is 5.10. The summed E-state index contributed by atoms with van der Waals surface area (Å²) >= 11 is 0. The standard InChI is InChI=1S/C25H23N3O2/c1-17(18-13-15-23(16-14-18)26-24(29)21-11-12-21)27-28-25(30)22-9-7-20(8-10-22)19-5-3-2-4-6-19/h2-10,13-16,21H,11-12H2,1H3,(H,26,29)(H,28,30)/b27-17-. The van der Waals surface area contributed by atoms with Crippen molar-refractivity contribution in [3.63, 3.8) is 0 Å². The molecule has 2 amide bonds. The smallest absolute Gasteiger partial charge is 0.271 e. The van der Waals surface area contributed by atoms with Gasteiger partial charge in [0.25, 0.3) is 5.91 Å². The van der Waals surface area contributed by atoms with Crippen LogP contribution in [-0.2, 0) is 4.79 Å². The third kappa shape index (κ3) is 4.81. The lowest BCUT2D eigenvalue weighted by Gasteiger charge is -2.07. The zero-order valence-electron chi connectivity index (χ0n) is 16.8. The molecule has 0 heterocycles. The molecule has 0 atom stereocenters. The van der Waals surface area contributed by atoms with Crippen LogP contribution in [0.5, 0.6) is 0 Å². The average molecular weight is 397 g/mol. The van der Waals surface area contributed by atoms with Gasteiger partial charge in [-0.05, 0) is 60.7 Å². The number of rotatable bonds is 6. The van der Waals surface area contributed by atoms with Crippen LogP contribution < -0.4 is 10.7 Å². The summed E-state index contributed by atoms with van der Waals surface area (Å²) in [5, 5.41) is 7.12. The highest BCUT2D eigenvalue weighted by Crippen LogP contribution is 2.30. The van der Waals surface area contributed by atoms with Crippen LogP contribution in [0.3, 0.4) is 0 Å². The zero-order chi connectivity index (χ0) is 20.9. The molecule has 3 aromatic rings. The van der Waals surface area contributed by atoms with Crippen molar-refractivity contribution >= 4 is 23.2 Å². The summed E-state index contributed by atoms with van der Waals surface area (Å²) in [7, 11) is 0. The van der Waals surface area contributed by atoms with Gasteiger partial charge >= 0.3 is 0 Å². The number of amides is 2. The Hall–Kier alpha value is -3.73. The van der Waals surface area contributed by atoms with Gasteiger partial charge < -0.3 is 5.32 Å². The van der Waals surface area contributed by atoms with E-state index >= 15 is 0 Å². The Kier molecular flexibility index (Phi) is 5.70. The summed E-state index contributed by atoms with van der Waals surface area (Å²) in [4.78, 5) is 24.2. The van der Waals surface area contributed by atoms with Crippen molar-refractivity contribution in [1.82, 2.24) is 5.43 Å². The van der Waals surface area contributed by atoms with E-state index in [2.05, 4.69) is 15.8 Å². The molecular formula is C25H23N3O2. The van der Waals surface area contributed by atoms with Crippen LogP contribution in [0, 0.1) is 5.92 Å². The summed E-state index contributed by atoms with van der Waals surface area (Å²) in [5.74, 6) is -0.00842. The van der Waals surface area contributed by atoms with Crippen LogP contribution in [0.1, 0.15) is 35.7 Å². The maximum atomic E-state index is 12.4. The number of benzene rings is 3. The molecule has 0 aliphatic heterocycles. The van der Waals surface area contributed by atoms with Gasteiger partial charge in [0.1, 0.15) is 0 Å². The zero-order valence-corrected chi connectivity index (χ0v) is 16.8. The number of nitrogens with zero attached hydrogens (tertiary/aromatic N) is 1. The molecule has 0 bridgehead atoms. The quantitative estimate of drug-likeness (QED) is 0.461. The number of carbonyl (C=O) groups is 2. The van der Waals surface area contributed by atoms with Crippen molar-refractivity contribution in [2.45, 2.75) is 19.8 Å². The highest BCUT2D eigenvalue weighted by atomic mass is 16.2. The highest BCUT2D eigenvalue weighted by molar-refractivity contribution is 6.01. The van der Waals surface area contributed by atoms with Gasteiger partial charge in [-0.2, -0.15) is 5.10 Å². The summed E-state index contributed by atoms with van der Waals surface area (Å²) in [5.41, 5.74) is 7.64. The van der Waals surface area contributed by atoms with E-state index in [0.29, 0.717) is 11.3 Å². The lowest BCUT2D eigenvalue weighted by atomic mass is 10.0. The van der Waals surface area contributed by atoms with E-state index in [9.17, 15) is 9.59 Å². The lowest BCUT2D eigenvalue weighted by Crippen LogP contribution is -2.19. The number of hydrazone groups is 1. The van der Waals surface area contributed by atoms with E-state index in [4.69, 9.17) is 0 Å². The van der Waals surface area contributed by atoms with Crippen LogP contribution in [0.2, 0.25) is 0 Å². The molecular weight excluding hydrogens is 374 g/mol. The molecule has 0 spiro atoms. The van der Waals surface area contributed by atoms with Crippen LogP contribution in [-0.4, -0.2) is 17.5 Å². The van der Waals surface area contributed by atoms with Crippen molar-refractivity contribution in [3.05, 3.63) is 90.0 Å². The molecule has 2 N–H and O–H groups in total. The molecule has 1 saturated carbocycles. The second-order valence-corrected chi connectivity index (χ2v) is 7.42. The second-order valence-electron chi connectivity index (χ2n) is 7.42. The minimum absolute atomic E-state index is 0.0821. The van der Waals surface area contributed by atoms with Crippen LogP contribution >= 0.6 is 0 Å². The summed E-state index contributed by atoms with van der Waals surface area (Å²) < 4.78 is 0. The number of hydrogen-bond acceptors (Lipinski definition) is 3. The van der Waals surface area contributed by atoms with Crippen molar-refractivity contribution in [1.29, 1.82) is 0 Å². The molecule has 1 fully saturated rings. The monoisotopic (exact) mass is 397 g/mol. The van der Waals surface area contributed by atoms with Gasteiger partial charge in [-0.25, -0.2) is 5.43 Å². The van der Waals surface area contributed by atoms with Crippen LogP contribution in [0.15, 0.2) is 84.0 Å². The predicted octanol–water partition coefficient (Wildman–Crippen LogP) is 4.86. The van der Waals surface area contributed by atoms with Gasteiger partial charge in [0, 0.05) is 17.2 Å². The first kappa shape index (κ1) is 19.6. The first-order valence-electron chi connectivity index (χ1n) is 10.0. The summed E-state index contributed by atoms with van der Waals surface area (Å²) in [6, 6.07) is 24.9. The summed E-state index contributed by atoms with van der Waals surface area (Å²) in [6.07, 6.45) is 1.95. The first-order chi connectivity index (χ1) is 14.6. The van der Waals surface area contributed by atoms with E-state index in [1.165, 1.54) is 0 Å². The van der Waals surface area contributed by atoms with Crippen molar-refractivity contribution in [2.24, 2.45) is 11.0 Å². The molecule has 0 unspecified atom stereocenters. The van der Waals surface area contributed by atoms with E-state index < -0.39 is 0 Å². The summed E-state index contributed by atoms with van der Waals surface area (Å²) in [6.45, 7) is 1.83. The van der Waals surface area contributed by atoms with E-state index in [1.807, 2.05) is 73.7 Å². The third-order valence-corrected chi connectivity index (χ3v) is 5.10. The molecule has 1 aliphatic carbocycles. The van der Waals surface area contributed by atoms with Gasteiger partial charge in [0.2, 0.25) is 5.91 Å². The fourth-order valence-corrected chi connectivity index (χ4v) is 3.09. The predicted molar refractivity (Wildman–Crippen MR) is 119 cm³/mol. The molecule has 3 aromatic carbocycles. The Bertz CT molecular complexity index is 1070. The fraction of sp³-hybridized carbons (Fsp3) is 0.160. The second kappa shape index (κ2) is 8.74. The van der Waals surface area contributed by atoms with Crippen molar-refractivity contribution in [3.8, 4) is 11.1 Å². The van der Waals surface area contributed by atoms with E-state index in [0.717, 1.165) is 35.2 Å². The van der Waals surface area contributed by atoms with Crippen molar-refractivity contribution < 1.29 is 9.59 Å². The van der Waals surface area contributed by atoms with Gasteiger partial charge in [-0.1, -0.05) is 54.6 Å². The Labute approximate surface area is 175 Å². The molecule has 150 valence electrons.